The molecule has 7 heteroatoms. The monoisotopic (exact) mass is 291 g/mol. The summed E-state index contributed by atoms with van der Waals surface area (Å²) in [5.41, 5.74) is 1.01. The third-order valence-corrected chi connectivity index (χ3v) is 4.67. The zero-order valence-electron chi connectivity index (χ0n) is 11.6. The van der Waals surface area contributed by atoms with Gasteiger partial charge in [0.1, 0.15) is 12.2 Å². The highest BCUT2D eigenvalue weighted by atomic mass is 32.1. The third kappa shape index (κ3) is 2.58. The quantitative estimate of drug-likeness (QED) is 0.923. The summed E-state index contributed by atoms with van der Waals surface area (Å²) in [5, 5.41) is 8.20. The number of nitrogens with zero attached hydrogens (tertiary/aromatic N) is 4. The number of carbonyl (C=O) groups is 1. The first kappa shape index (κ1) is 13.2. The highest BCUT2D eigenvalue weighted by Crippen LogP contribution is 2.19. The summed E-state index contributed by atoms with van der Waals surface area (Å²) in [6, 6.07) is 0. The lowest BCUT2D eigenvalue weighted by Gasteiger charge is -2.21. The minimum Gasteiger partial charge on any atom is -0.351 e. The van der Waals surface area contributed by atoms with E-state index in [1.54, 1.807) is 17.7 Å². The Morgan fingerprint density at radius 1 is 1.55 bits per heavy atom. The van der Waals surface area contributed by atoms with Gasteiger partial charge in [0.25, 0.3) is 0 Å². The van der Waals surface area contributed by atoms with Crippen molar-refractivity contribution >= 4 is 17.2 Å². The fraction of sp³-hybridized carbons (Fsp3) is 0.538. The maximum absolute atomic E-state index is 12.2. The van der Waals surface area contributed by atoms with Gasteiger partial charge >= 0.3 is 0 Å². The minimum atomic E-state index is -0.0153. The molecule has 1 unspecified atom stereocenters. The number of aromatic nitrogens is 4. The van der Waals surface area contributed by atoms with Crippen molar-refractivity contribution in [3.63, 3.8) is 0 Å². The number of fused-ring (bicyclic) bond motifs is 1. The van der Waals surface area contributed by atoms with Crippen molar-refractivity contribution in [1.29, 1.82) is 0 Å². The molecule has 1 amide bonds. The number of thiazole rings is 1. The molecule has 0 aromatic carbocycles. The summed E-state index contributed by atoms with van der Waals surface area (Å²) < 4.78 is 1.83. The Balaban J connectivity index is 1.59. The number of carbonyl (C=O) groups excluding carboxylic acids is 1. The van der Waals surface area contributed by atoms with E-state index in [1.807, 2.05) is 18.5 Å². The van der Waals surface area contributed by atoms with Gasteiger partial charge < -0.3 is 5.32 Å². The molecule has 2 aromatic rings. The Hall–Kier alpha value is -1.76. The van der Waals surface area contributed by atoms with Gasteiger partial charge in [-0.3, -0.25) is 4.79 Å². The second-order valence-electron chi connectivity index (χ2n) is 5.05. The minimum absolute atomic E-state index is 0.0153. The molecule has 1 aliphatic heterocycles. The molecule has 6 nitrogen and oxygen atoms in total. The van der Waals surface area contributed by atoms with Crippen LogP contribution in [0.1, 0.15) is 27.8 Å². The van der Waals surface area contributed by atoms with E-state index in [1.165, 1.54) is 0 Å². The van der Waals surface area contributed by atoms with E-state index in [-0.39, 0.29) is 11.8 Å². The van der Waals surface area contributed by atoms with Crippen LogP contribution in [0, 0.1) is 19.8 Å². The van der Waals surface area contributed by atoms with Gasteiger partial charge in [-0.05, 0) is 20.3 Å². The number of aryl methyl sites for hydroxylation is 3. The number of hydrogen-bond acceptors (Lipinski definition) is 5. The zero-order chi connectivity index (χ0) is 14.1. The summed E-state index contributed by atoms with van der Waals surface area (Å²) in [5.74, 6) is 1.05. The Kier molecular flexibility index (Phi) is 3.52. The van der Waals surface area contributed by atoms with Crippen LogP contribution in [0.4, 0.5) is 0 Å². The molecule has 0 radical (unpaired) electrons. The van der Waals surface area contributed by atoms with Gasteiger partial charge in [-0.2, -0.15) is 5.10 Å². The Morgan fingerprint density at radius 2 is 2.40 bits per heavy atom. The standard InChI is InChI=1S/C13H17N5OS/c1-8-11(20-9(2)17-8)5-14-13(19)10-3-4-12-15-7-16-18(12)6-10/h7,10H,3-6H2,1-2H3,(H,14,19). The van der Waals surface area contributed by atoms with Crippen molar-refractivity contribution in [3.8, 4) is 0 Å². The Labute approximate surface area is 121 Å². The van der Waals surface area contributed by atoms with Gasteiger partial charge in [0.05, 0.1) is 29.7 Å². The topological polar surface area (TPSA) is 72.7 Å². The molecule has 0 bridgehead atoms. The maximum atomic E-state index is 12.2. The van der Waals surface area contributed by atoms with E-state index in [2.05, 4.69) is 20.4 Å². The fourth-order valence-electron chi connectivity index (χ4n) is 2.50. The van der Waals surface area contributed by atoms with Crippen LogP contribution < -0.4 is 5.32 Å². The van der Waals surface area contributed by atoms with E-state index in [0.717, 1.165) is 34.2 Å². The summed E-state index contributed by atoms with van der Waals surface area (Å²) in [6.07, 6.45) is 3.21. The Bertz CT molecular complexity index is 632. The smallest absolute Gasteiger partial charge is 0.225 e. The average Bonchev–Trinajstić information content (AvgIpc) is 3.01. The number of rotatable bonds is 3. The van der Waals surface area contributed by atoms with Crippen LogP contribution in [0.3, 0.4) is 0 Å². The van der Waals surface area contributed by atoms with Crippen LogP contribution in [-0.2, 0) is 24.3 Å². The average molecular weight is 291 g/mol. The van der Waals surface area contributed by atoms with Gasteiger partial charge in [0.2, 0.25) is 5.91 Å². The summed E-state index contributed by atoms with van der Waals surface area (Å²) in [6.45, 7) is 5.16. The first-order chi connectivity index (χ1) is 9.63. The lowest BCUT2D eigenvalue weighted by Crippen LogP contribution is -2.36. The van der Waals surface area contributed by atoms with Crippen LogP contribution >= 0.6 is 11.3 Å². The summed E-state index contributed by atoms with van der Waals surface area (Å²) in [4.78, 5) is 21.9. The van der Waals surface area contributed by atoms with E-state index < -0.39 is 0 Å². The van der Waals surface area contributed by atoms with Gasteiger partial charge in [-0.15, -0.1) is 11.3 Å². The molecule has 0 saturated carbocycles. The van der Waals surface area contributed by atoms with Crippen molar-refractivity contribution < 1.29 is 4.79 Å². The van der Waals surface area contributed by atoms with Gasteiger partial charge in [-0.1, -0.05) is 0 Å². The van der Waals surface area contributed by atoms with Crippen molar-refractivity contribution in [3.05, 3.63) is 27.7 Å². The summed E-state index contributed by atoms with van der Waals surface area (Å²) >= 11 is 1.64. The molecular weight excluding hydrogens is 274 g/mol. The SMILES string of the molecule is Cc1nc(C)c(CNC(=O)C2CCc3ncnn3C2)s1. The predicted octanol–water partition coefficient (Wildman–Crippen LogP) is 1.23. The highest BCUT2D eigenvalue weighted by molar-refractivity contribution is 7.11. The van der Waals surface area contributed by atoms with Crippen LogP contribution in [0.2, 0.25) is 0 Å². The van der Waals surface area contributed by atoms with Crippen molar-refractivity contribution in [2.45, 2.75) is 39.8 Å². The predicted molar refractivity (Wildman–Crippen MR) is 75.3 cm³/mol. The molecule has 0 spiro atoms. The van der Waals surface area contributed by atoms with Crippen molar-refractivity contribution in [2.24, 2.45) is 5.92 Å². The van der Waals surface area contributed by atoms with E-state index >= 15 is 0 Å². The van der Waals surface area contributed by atoms with Gasteiger partial charge in [0.15, 0.2) is 0 Å². The van der Waals surface area contributed by atoms with Crippen molar-refractivity contribution in [2.75, 3.05) is 0 Å². The van der Waals surface area contributed by atoms with Crippen LogP contribution in [-0.4, -0.2) is 25.7 Å². The highest BCUT2D eigenvalue weighted by Gasteiger charge is 2.25. The zero-order valence-corrected chi connectivity index (χ0v) is 12.4. The van der Waals surface area contributed by atoms with Gasteiger partial charge in [0, 0.05) is 11.3 Å². The first-order valence-corrected chi connectivity index (χ1v) is 7.52. The molecule has 1 atom stereocenters. The second-order valence-corrected chi connectivity index (χ2v) is 6.34. The van der Waals surface area contributed by atoms with Crippen LogP contribution in [0.5, 0.6) is 0 Å². The third-order valence-electron chi connectivity index (χ3n) is 3.60. The number of hydrogen-bond donors (Lipinski definition) is 1. The van der Waals surface area contributed by atoms with E-state index in [0.29, 0.717) is 13.1 Å². The maximum Gasteiger partial charge on any atom is 0.225 e. The molecule has 0 saturated heterocycles. The molecule has 0 fully saturated rings. The Morgan fingerprint density at radius 3 is 3.15 bits per heavy atom. The molecule has 3 rings (SSSR count). The van der Waals surface area contributed by atoms with Crippen LogP contribution in [0.25, 0.3) is 0 Å². The molecule has 106 valence electrons. The molecule has 1 aliphatic rings. The summed E-state index contributed by atoms with van der Waals surface area (Å²) in [7, 11) is 0. The van der Waals surface area contributed by atoms with E-state index in [9.17, 15) is 4.79 Å². The largest absolute Gasteiger partial charge is 0.351 e. The normalized spacial score (nSPS) is 17.8. The first-order valence-electron chi connectivity index (χ1n) is 6.71. The number of nitrogens with one attached hydrogen (secondary N) is 1. The molecule has 2 aromatic heterocycles. The van der Waals surface area contributed by atoms with Crippen molar-refractivity contribution in [1.82, 2.24) is 25.1 Å². The molecule has 1 N–H and O–H groups in total. The lowest BCUT2D eigenvalue weighted by molar-refractivity contribution is -0.126. The molecule has 3 heterocycles. The van der Waals surface area contributed by atoms with Gasteiger partial charge in [-0.25, -0.2) is 14.6 Å². The fourth-order valence-corrected chi connectivity index (χ4v) is 3.38. The molecule has 20 heavy (non-hydrogen) atoms. The molecular formula is C13H17N5OS. The van der Waals surface area contributed by atoms with E-state index in [4.69, 9.17) is 0 Å². The second kappa shape index (κ2) is 5.32. The lowest BCUT2D eigenvalue weighted by atomic mass is 9.99. The number of amides is 1. The molecule has 0 aliphatic carbocycles. The van der Waals surface area contributed by atoms with Crippen LogP contribution in [0.15, 0.2) is 6.33 Å².